The molecule has 1 aromatic rings. The van der Waals surface area contributed by atoms with E-state index in [-0.39, 0.29) is 11.5 Å². The van der Waals surface area contributed by atoms with Crippen LogP contribution in [0.2, 0.25) is 5.02 Å². The summed E-state index contributed by atoms with van der Waals surface area (Å²) in [5.41, 5.74) is 9.06. The summed E-state index contributed by atoms with van der Waals surface area (Å²) in [4.78, 5) is 0. The number of rotatable bonds is 1. The van der Waals surface area contributed by atoms with E-state index in [9.17, 15) is 10.2 Å². The number of aliphatic hydroxyl groups is 2. The molecule has 136 valence electrons. The SMILES string of the molecule is C[C@H]1CC2(CC(O)C(O)c3cc(Cl)ccc32)C[C@@H](C2=CN(C)NN2)N1. The summed E-state index contributed by atoms with van der Waals surface area (Å²) in [6, 6.07) is 6.15. The van der Waals surface area contributed by atoms with Gasteiger partial charge in [0, 0.05) is 29.7 Å². The lowest BCUT2D eigenvalue weighted by molar-refractivity contribution is -0.0229. The van der Waals surface area contributed by atoms with Crippen molar-refractivity contribution in [1.82, 2.24) is 21.3 Å². The molecule has 1 saturated heterocycles. The van der Waals surface area contributed by atoms with Gasteiger partial charge in [-0.15, -0.1) is 5.53 Å². The van der Waals surface area contributed by atoms with Gasteiger partial charge in [0.25, 0.3) is 0 Å². The lowest BCUT2D eigenvalue weighted by Crippen LogP contribution is -2.56. The first-order chi connectivity index (χ1) is 11.9. The van der Waals surface area contributed by atoms with Crippen LogP contribution >= 0.6 is 11.6 Å². The fourth-order valence-electron chi connectivity index (χ4n) is 4.80. The zero-order valence-corrected chi connectivity index (χ0v) is 15.2. The van der Waals surface area contributed by atoms with Crippen LogP contribution in [0.25, 0.3) is 0 Å². The predicted molar refractivity (Wildman–Crippen MR) is 96.5 cm³/mol. The molecule has 3 aliphatic rings. The van der Waals surface area contributed by atoms with Gasteiger partial charge in [0.1, 0.15) is 6.10 Å². The van der Waals surface area contributed by atoms with Gasteiger partial charge in [-0.3, -0.25) is 5.01 Å². The van der Waals surface area contributed by atoms with E-state index in [1.54, 1.807) is 6.07 Å². The monoisotopic (exact) mass is 364 g/mol. The molecule has 0 aromatic heterocycles. The van der Waals surface area contributed by atoms with Gasteiger partial charge < -0.3 is 21.0 Å². The van der Waals surface area contributed by atoms with Gasteiger partial charge >= 0.3 is 0 Å². The van der Waals surface area contributed by atoms with E-state index in [1.807, 2.05) is 30.4 Å². The number of benzene rings is 1. The fourth-order valence-corrected chi connectivity index (χ4v) is 4.98. The minimum absolute atomic E-state index is 0.146. The Kier molecular flexibility index (Phi) is 4.21. The fraction of sp³-hybridized carbons (Fsp3) is 0.556. The predicted octanol–water partition coefficient (Wildman–Crippen LogP) is 1.31. The maximum atomic E-state index is 10.5. The normalized spacial score (nSPS) is 37.6. The molecule has 1 aromatic carbocycles. The Balaban J connectivity index is 1.75. The standard InChI is InChI=1S/C18H25ClN4O2/c1-10-6-18(7-14(20-10)15-9-23(2)22-21-15)8-16(24)17(25)12-5-11(19)3-4-13(12)18/h3-5,9-10,14,16-17,20-22,24-25H,6-8H2,1-2H3/t10-,14-,16?,17?,18?/m0/s1. The van der Waals surface area contributed by atoms with Gasteiger partial charge in [-0.1, -0.05) is 17.7 Å². The first-order valence-corrected chi connectivity index (χ1v) is 9.14. The Bertz CT molecular complexity index is 712. The van der Waals surface area contributed by atoms with Crippen molar-refractivity contribution in [2.24, 2.45) is 0 Å². The van der Waals surface area contributed by atoms with Crippen molar-refractivity contribution in [3.63, 3.8) is 0 Å². The van der Waals surface area contributed by atoms with Gasteiger partial charge in [-0.2, -0.15) is 0 Å². The number of halogens is 1. The Hall–Kier alpha value is -1.31. The topological polar surface area (TPSA) is 79.8 Å². The molecule has 25 heavy (non-hydrogen) atoms. The van der Waals surface area contributed by atoms with Gasteiger partial charge in [-0.05, 0) is 49.4 Å². The zero-order valence-electron chi connectivity index (χ0n) is 14.5. The number of hydrogen-bond donors (Lipinski definition) is 5. The summed E-state index contributed by atoms with van der Waals surface area (Å²) in [6.45, 7) is 2.17. The van der Waals surface area contributed by atoms with Gasteiger partial charge in [0.2, 0.25) is 0 Å². The second kappa shape index (κ2) is 6.14. The smallest absolute Gasteiger partial charge is 0.105 e. The molecule has 1 fully saturated rings. The second-order valence-electron chi connectivity index (χ2n) is 7.69. The highest BCUT2D eigenvalue weighted by Crippen LogP contribution is 2.50. The third-order valence-corrected chi connectivity index (χ3v) is 5.97. The maximum Gasteiger partial charge on any atom is 0.105 e. The summed E-state index contributed by atoms with van der Waals surface area (Å²) in [7, 11) is 1.94. The van der Waals surface area contributed by atoms with Crippen molar-refractivity contribution in [1.29, 1.82) is 0 Å². The van der Waals surface area contributed by atoms with E-state index < -0.39 is 12.2 Å². The number of hydrazine groups is 2. The summed E-state index contributed by atoms with van der Waals surface area (Å²) >= 11 is 6.16. The van der Waals surface area contributed by atoms with Crippen molar-refractivity contribution in [3.05, 3.63) is 46.2 Å². The number of aliphatic hydroxyl groups excluding tert-OH is 2. The molecule has 5 atom stereocenters. The number of piperidine rings is 1. The zero-order chi connectivity index (χ0) is 17.8. The first-order valence-electron chi connectivity index (χ1n) is 8.76. The van der Waals surface area contributed by atoms with E-state index in [2.05, 4.69) is 23.2 Å². The summed E-state index contributed by atoms with van der Waals surface area (Å²) in [5, 5.41) is 27.2. The molecule has 0 amide bonds. The number of nitrogens with zero attached hydrogens (tertiary/aromatic N) is 1. The number of fused-ring (bicyclic) bond motifs is 2. The van der Waals surface area contributed by atoms with Crippen LogP contribution in [-0.4, -0.2) is 40.5 Å². The van der Waals surface area contributed by atoms with Crippen molar-refractivity contribution < 1.29 is 10.2 Å². The molecule has 0 saturated carbocycles. The van der Waals surface area contributed by atoms with E-state index in [1.165, 1.54) is 0 Å². The summed E-state index contributed by atoms with van der Waals surface area (Å²) in [5.74, 6) is 0. The third-order valence-electron chi connectivity index (χ3n) is 5.73. The molecular formula is C18H25ClN4O2. The highest BCUT2D eigenvalue weighted by atomic mass is 35.5. The number of hydrogen-bond acceptors (Lipinski definition) is 6. The summed E-state index contributed by atoms with van der Waals surface area (Å²) in [6.07, 6.45) is 2.72. The third kappa shape index (κ3) is 2.92. The minimum Gasteiger partial charge on any atom is -0.390 e. The number of nitrogens with one attached hydrogen (secondary N) is 3. The van der Waals surface area contributed by atoms with Crippen LogP contribution in [-0.2, 0) is 5.41 Å². The van der Waals surface area contributed by atoms with E-state index in [0.29, 0.717) is 17.5 Å². The lowest BCUT2D eigenvalue weighted by atomic mass is 9.60. The van der Waals surface area contributed by atoms with Gasteiger partial charge in [-0.25, -0.2) is 0 Å². The van der Waals surface area contributed by atoms with Gasteiger partial charge in [0.15, 0.2) is 0 Å². The van der Waals surface area contributed by atoms with E-state index >= 15 is 0 Å². The molecule has 7 heteroatoms. The Morgan fingerprint density at radius 1 is 1.24 bits per heavy atom. The van der Waals surface area contributed by atoms with Crippen molar-refractivity contribution in [2.75, 3.05) is 7.05 Å². The van der Waals surface area contributed by atoms with Crippen LogP contribution in [0.15, 0.2) is 30.1 Å². The van der Waals surface area contributed by atoms with Crippen molar-refractivity contribution >= 4 is 11.6 Å². The second-order valence-corrected chi connectivity index (χ2v) is 8.13. The molecule has 1 aliphatic carbocycles. The molecule has 2 aliphatic heterocycles. The van der Waals surface area contributed by atoms with Crippen LogP contribution in [0.3, 0.4) is 0 Å². The highest BCUT2D eigenvalue weighted by Gasteiger charge is 2.48. The molecular weight excluding hydrogens is 340 g/mol. The molecule has 6 nitrogen and oxygen atoms in total. The lowest BCUT2D eigenvalue weighted by Gasteiger charge is -2.50. The highest BCUT2D eigenvalue weighted by molar-refractivity contribution is 6.30. The average Bonchev–Trinajstić information content (AvgIpc) is 2.99. The molecule has 5 N–H and O–H groups in total. The maximum absolute atomic E-state index is 10.5. The minimum atomic E-state index is -0.875. The first kappa shape index (κ1) is 17.1. The van der Waals surface area contributed by atoms with Crippen molar-refractivity contribution in [2.45, 2.75) is 55.9 Å². The van der Waals surface area contributed by atoms with Crippen LogP contribution in [0.4, 0.5) is 0 Å². The largest absolute Gasteiger partial charge is 0.390 e. The molecule has 0 radical (unpaired) electrons. The van der Waals surface area contributed by atoms with Crippen molar-refractivity contribution in [3.8, 4) is 0 Å². The van der Waals surface area contributed by atoms with Crippen LogP contribution < -0.4 is 16.3 Å². The Morgan fingerprint density at radius 2 is 2.04 bits per heavy atom. The Labute approximate surface area is 152 Å². The van der Waals surface area contributed by atoms with Crippen LogP contribution in [0.1, 0.15) is 43.4 Å². The average molecular weight is 365 g/mol. The van der Waals surface area contributed by atoms with E-state index in [0.717, 1.165) is 29.7 Å². The summed E-state index contributed by atoms with van der Waals surface area (Å²) < 4.78 is 0. The van der Waals surface area contributed by atoms with Gasteiger partial charge in [0.05, 0.1) is 17.8 Å². The molecule has 4 rings (SSSR count). The van der Waals surface area contributed by atoms with Crippen LogP contribution in [0.5, 0.6) is 0 Å². The Morgan fingerprint density at radius 3 is 2.76 bits per heavy atom. The molecule has 1 spiro atoms. The van der Waals surface area contributed by atoms with E-state index in [4.69, 9.17) is 11.6 Å². The quantitative estimate of drug-likeness (QED) is 0.517. The molecule has 3 unspecified atom stereocenters. The molecule has 2 heterocycles. The van der Waals surface area contributed by atoms with Crippen LogP contribution in [0, 0.1) is 0 Å². The molecule has 0 bridgehead atoms.